The predicted octanol–water partition coefficient (Wildman–Crippen LogP) is 4.15. The van der Waals surface area contributed by atoms with Crippen LogP contribution in [-0.2, 0) is 11.3 Å². The van der Waals surface area contributed by atoms with Crippen LogP contribution < -0.4 is 10.1 Å². The number of carbonyl (C=O) groups excluding carboxylic acids is 1. The highest BCUT2D eigenvalue weighted by Gasteiger charge is 2.29. The number of aromatic nitrogens is 2. The molecule has 1 aliphatic heterocycles. The first-order valence-electron chi connectivity index (χ1n) is 10.3. The maximum Gasteiger partial charge on any atom is 0.241 e. The van der Waals surface area contributed by atoms with Gasteiger partial charge in [-0.15, -0.1) is 0 Å². The van der Waals surface area contributed by atoms with E-state index in [1.165, 1.54) is 0 Å². The molecular weight excluding hydrogens is 376 g/mol. The molecule has 0 bridgehead atoms. The van der Waals surface area contributed by atoms with Gasteiger partial charge in [-0.1, -0.05) is 30.7 Å². The zero-order valence-electron chi connectivity index (χ0n) is 17.1. The number of nitrogens with zero attached hydrogens (tertiary/aromatic N) is 3. The molecular formula is C24H26N4O2. The summed E-state index contributed by atoms with van der Waals surface area (Å²) in [7, 11) is 1.66. The maximum absolute atomic E-state index is 13.1. The van der Waals surface area contributed by atoms with E-state index in [0.29, 0.717) is 6.54 Å². The largest absolute Gasteiger partial charge is 0.497 e. The minimum absolute atomic E-state index is 0.0217. The Morgan fingerprint density at radius 3 is 2.63 bits per heavy atom. The molecule has 6 nitrogen and oxygen atoms in total. The lowest BCUT2D eigenvalue weighted by molar-refractivity contribution is -0.122. The molecule has 1 aliphatic rings. The number of hydrogen-bond donors (Lipinski definition) is 1. The highest BCUT2D eigenvalue weighted by Crippen LogP contribution is 2.27. The summed E-state index contributed by atoms with van der Waals surface area (Å²) in [5, 5.41) is 3.11. The van der Waals surface area contributed by atoms with Crippen molar-refractivity contribution in [2.24, 2.45) is 0 Å². The number of likely N-dealkylation sites (tertiary alicyclic amines) is 1. The van der Waals surface area contributed by atoms with Gasteiger partial charge in [0, 0.05) is 18.1 Å². The number of amides is 1. The molecule has 0 spiro atoms. The molecule has 0 radical (unpaired) electrons. The van der Waals surface area contributed by atoms with Crippen LogP contribution in [0.1, 0.15) is 25.1 Å². The van der Waals surface area contributed by atoms with Gasteiger partial charge < -0.3 is 10.1 Å². The Bertz CT molecular complexity index is 993. The molecule has 1 fully saturated rings. The van der Waals surface area contributed by atoms with Crippen molar-refractivity contribution in [1.29, 1.82) is 0 Å². The number of anilines is 1. The SMILES string of the molecule is COc1cccc(-c2cccc(NC(=O)C3CCCCN3Cc3ncccn3)c2)c1. The summed E-state index contributed by atoms with van der Waals surface area (Å²) in [5.74, 6) is 1.58. The number of hydrogen-bond acceptors (Lipinski definition) is 5. The van der Waals surface area contributed by atoms with Gasteiger partial charge in [0.25, 0.3) is 0 Å². The van der Waals surface area contributed by atoms with Crippen molar-refractivity contribution in [3.05, 3.63) is 72.8 Å². The monoisotopic (exact) mass is 402 g/mol. The molecule has 1 aromatic heterocycles. The van der Waals surface area contributed by atoms with E-state index in [1.54, 1.807) is 25.6 Å². The number of nitrogens with one attached hydrogen (secondary N) is 1. The smallest absolute Gasteiger partial charge is 0.241 e. The van der Waals surface area contributed by atoms with Gasteiger partial charge in [0.15, 0.2) is 0 Å². The van der Waals surface area contributed by atoms with Crippen molar-refractivity contribution < 1.29 is 9.53 Å². The van der Waals surface area contributed by atoms with Crippen LogP contribution in [0.3, 0.4) is 0 Å². The van der Waals surface area contributed by atoms with Crippen molar-refractivity contribution in [1.82, 2.24) is 14.9 Å². The van der Waals surface area contributed by atoms with Gasteiger partial charge in [-0.25, -0.2) is 9.97 Å². The lowest BCUT2D eigenvalue weighted by Gasteiger charge is -2.34. The molecule has 1 unspecified atom stereocenters. The number of piperidine rings is 1. The first-order valence-corrected chi connectivity index (χ1v) is 10.3. The summed E-state index contributed by atoms with van der Waals surface area (Å²) in [6.45, 7) is 1.46. The van der Waals surface area contributed by atoms with E-state index < -0.39 is 0 Å². The Labute approximate surface area is 176 Å². The fourth-order valence-electron chi connectivity index (χ4n) is 3.88. The first kappa shape index (κ1) is 20.0. The zero-order valence-corrected chi connectivity index (χ0v) is 17.1. The van der Waals surface area contributed by atoms with Crippen LogP contribution in [0.25, 0.3) is 11.1 Å². The predicted molar refractivity (Wildman–Crippen MR) is 117 cm³/mol. The summed E-state index contributed by atoms with van der Waals surface area (Å²) < 4.78 is 5.33. The maximum atomic E-state index is 13.1. The average Bonchev–Trinajstić information content (AvgIpc) is 2.80. The van der Waals surface area contributed by atoms with Gasteiger partial charge in [-0.2, -0.15) is 0 Å². The van der Waals surface area contributed by atoms with Crippen molar-refractivity contribution in [3.8, 4) is 16.9 Å². The first-order chi connectivity index (χ1) is 14.7. The Morgan fingerprint density at radius 2 is 1.83 bits per heavy atom. The molecule has 2 heterocycles. The fraction of sp³-hybridized carbons (Fsp3) is 0.292. The average molecular weight is 402 g/mol. The van der Waals surface area contributed by atoms with Crippen LogP contribution in [-0.4, -0.2) is 40.5 Å². The fourth-order valence-corrected chi connectivity index (χ4v) is 3.88. The molecule has 6 heteroatoms. The van der Waals surface area contributed by atoms with Crippen LogP contribution in [0.5, 0.6) is 5.75 Å². The summed E-state index contributed by atoms with van der Waals surface area (Å²) >= 11 is 0. The summed E-state index contributed by atoms with van der Waals surface area (Å²) in [4.78, 5) is 23.9. The van der Waals surface area contributed by atoms with E-state index in [-0.39, 0.29) is 11.9 Å². The molecule has 0 saturated carbocycles. The molecule has 1 amide bonds. The van der Waals surface area contributed by atoms with E-state index in [9.17, 15) is 4.79 Å². The lowest BCUT2D eigenvalue weighted by atomic mass is 10.0. The van der Waals surface area contributed by atoms with Gasteiger partial charge in [0.2, 0.25) is 5.91 Å². The van der Waals surface area contributed by atoms with Gasteiger partial charge in [0.1, 0.15) is 11.6 Å². The number of methoxy groups -OCH3 is 1. The lowest BCUT2D eigenvalue weighted by Crippen LogP contribution is -2.46. The van der Waals surface area contributed by atoms with E-state index >= 15 is 0 Å². The molecule has 154 valence electrons. The van der Waals surface area contributed by atoms with Crippen molar-refractivity contribution in [3.63, 3.8) is 0 Å². The summed E-state index contributed by atoms with van der Waals surface area (Å²) in [6, 6.07) is 17.5. The van der Waals surface area contributed by atoms with Crippen LogP contribution in [0, 0.1) is 0 Å². The minimum Gasteiger partial charge on any atom is -0.497 e. The number of ether oxygens (including phenoxy) is 1. The van der Waals surface area contributed by atoms with E-state index in [0.717, 1.165) is 54.2 Å². The summed E-state index contributed by atoms with van der Waals surface area (Å²) in [6.07, 6.45) is 6.46. The van der Waals surface area contributed by atoms with Gasteiger partial charge in [0.05, 0.1) is 19.7 Å². The summed E-state index contributed by atoms with van der Waals surface area (Å²) in [5.41, 5.74) is 2.87. The second kappa shape index (κ2) is 9.50. The van der Waals surface area contributed by atoms with Crippen molar-refractivity contribution in [2.75, 3.05) is 19.0 Å². The van der Waals surface area contributed by atoms with Crippen LogP contribution in [0.2, 0.25) is 0 Å². The molecule has 1 N–H and O–H groups in total. The van der Waals surface area contributed by atoms with Crippen LogP contribution in [0.15, 0.2) is 67.0 Å². The molecule has 1 atom stereocenters. The molecule has 0 aliphatic carbocycles. The van der Waals surface area contributed by atoms with Gasteiger partial charge in [-0.05, 0) is 60.8 Å². The second-order valence-electron chi connectivity index (χ2n) is 7.45. The third-order valence-electron chi connectivity index (χ3n) is 5.41. The molecule has 30 heavy (non-hydrogen) atoms. The highest BCUT2D eigenvalue weighted by molar-refractivity contribution is 5.95. The third kappa shape index (κ3) is 4.83. The highest BCUT2D eigenvalue weighted by atomic mass is 16.5. The van der Waals surface area contributed by atoms with Crippen LogP contribution in [0.4, 0.5) is 5.69 Å². The molecule has 2 aromatic carbocycles. The van der Waals surface area contributed by atoms with Crippen LogP contribution >= 0.6 is 0 Å². The quantitative estimate of drug-likeness (QED) is 0.671. The van der Waals surface area contributed by atoms with Gasteiger partial charge >= 0.3 is 0 Å². The zero-order chi connectivity index (χ0) is 20.8. The standard InChI is InChI=1S/C24H26N4O2/c1-30-21-10-5-8-19(16-21)18-7-4-9-20(15-18)27-24(29)22-11-2-3-14-28(22)17-23-25-12-6-13-26-23/h4-10,12-13,15-16,22H,2-3,11,14,17H2,1H3,(H,27,29). The minimum atomic E-state index is -0.178. The molecule has 1 saturated heterocycles. The second-order valence-corrected chi connectivity index (χ2v) is 7.45. The van der Waals surface area contributed by atoms with Crippen molar-refractivity contribution in [2.45, 2.75) is 31.8 Å². The Morgan fingerprint density at radius 1 is 1.07 bits per heavy atom. The van der Waals surface area contributed by atoms with E-state index in [4.69, 9.17) is 4.74 Å². The Balaban J connectivity index is 1.48. The van der Waals surface area contributed by atoms with Gasteiger partial charge in [-0.3, -0.25) is 9.69 Å². The molecule has 4 rings (SSSR count). The number of rotatable bonds is 6. The Kier molecular flexibility index (Phi) is 6.35. The Hall–Kier alpha value is -3.25. The number of carbonyl (C=O) groups is 1. The van der Waals surface area contributed by atoms with E-state index in [2.05, 4.69) is 20.2 Å². The topological polar surface area (TPSA) is 67.3 Å². The third-order valence-corrected chi connectivity index (χ3v) is 5.41. The number of benzene rings is 2. The normalized spacial score (nSPS) is 16.8. The van der Waals surface area contributed by atoms with Crippen molar-refractivity contribution >= 4 is 11.6 Å². The van der Waals surface area contributed by atoms with E-state index in [1.807, 2.05) is 48.5 Å². The molecule has 3 aromatic rings.